The largest absolute Gasteiger partial charge is 0.508 e. The molecule has 3 N–H and O–H groups in total. The number of benzene rings is 1. The molecule has 0 unspecified atom stereocenters. The summed E-state index contributed by atoms with van der Waals surface area (Å²) in [5.41, 5.74) is 5.47. The third kappa shape index (κ3) is 2.35. The van der Waals surface area contributed by atoms with Crippen LogP contribution in [0.4, 0.5) is 0 Å². The van der Waals surface area contributed by atoms with Gasteiger partial charge in [0, 0.05) is 0 Å². The van der Waals surface area contributed by atoms with Crippen LogP contribution in [-0.4, -0.2) is 11.0 Å². The Bertz CT molecular complexity index is 413. The third-order valence-electron chi connectivity index (χ3n) is 1.59. The van der Waals surface area contributed by atoms with E-state index in [9.17, 15) is 4.79 Å². The standard InChI is InChI=1S/C10H8N2O2/c11-6-8(10(12)14)5-7-1-3-9(13)4-2-7/h1-5,13H,(H2,12,14)/b8-5-. The average Bonchev–Trinajstić information content (AvgIpc) is 2.16. The molecular weight excluding hydrogens is 180 g/mol. The highest BCUT2D eigenvalue weighted by Gasteiger charge is 2.02. The zero-order chi connectivity index (χ0) is 10.6. The van der Waals surface area contributed by atoms with Crippen molar-refractivity contribution in [2.24, 2.45) is 5.73 Å². The van der Waals surface area contributed by atoms with Crippen molar-refractivity contribution in [3.8, 4) is 11.8 Å². The zero-order valence-electron chi connectivity index (χ0n) is 7.27. The molecule has 1 rings (SSSR count). The molecule has 0 bridgehead atoms. The topological polar surface area (TPSA) is 87.1 Å². The van der Waals surface area contributed by atoms with Crippen molar-refractivity contribution in [1.82, 2.24) is 0 Å². The van der Waals surface area contributed by atoms with Crippen LogP contribution >= 0.6 is 0 Å². The van der Waals surface area contributed by atoms with Crippen molar-refractivity contribution < 1.29 is 9.90 Å². The Morgan fingerprint density at radius 2 is 2.00 bits per heavy atom. The Morgan fingerprint density at radius 3 is 2.43 bits per heavy atom. The summed E-state index contributed by atoms with van der Waals surface area (Å²) in [7, 11) is 0. The number of phenols is 1. The second-order valence-electron chi connectivity index (χ2n) is 2.63. The molecule has 70 valence electrons. The van der Waals surface area contributed by atoms with Crippen LogP contribution in [0.25, 0.3) is 6.08 Å². The fraction of sp³-hybridized carbons (Fsp3) is 0. The van der Waals surface area contributed by atoms with E-state index in [1.165, 1.54) is 18.2 Å². The minimum Gasteiger partial charge on any atom is -0.508 e. The zero-order valence-corrected chi connectivity index (χ0v) is 7.27. The molecule has 0 aromatic heterocycles. The molecule has 0 aliphatic heterocycles. The lowest BCUT2D eigenvalue weighted by Crippen LogP contribution is -2.12. The Balaban J connectivity index is 3.03. The van der Waals surface area contributed by atoms with Gasteiger partial charge in [0.15, 0.2) is 0 Å². The van der Waals surface area contributed by atoms with E-state index in [1.807, 2.05) is 0 Å². The van der Waals surface area contributed by atoms with Crippen LogP contribution in [0.2, 0.25) is 0 Å². The van der Waals surface area contributed by atoms with Gasteiger partial charge in [-0.25, -0.2) is 0 Å². The number of nitriles is 1. The Kier molecular flexibility index (Phi) is 2.87. The molecule has 0 spiro atoms. The fourth-order valence-electron chi connectivity index (χ4n) is 0.896. The van der Waals surface area contributed by atoms with Gasteiger partial charge in [0.05, 0.1) is 0 Å². The average molecular weight is 188 g/mol. The molecule has 14 heavy (non-hydrogen) atoms. The quantitative estimate of drug-likeness (QED) is 0.531. The first-order valence-electron chi connectivity index (χ1n) is 3.84. The minimum absolute atomic E-state index is 0.115. The highest BCUT2D eigenvalue weighted by atomic mass is 16.3. The van der Waals surface area contributed by atoms with Crippen LogP contribution < -0.4 is 5.73 Å². The molecule has 0 aliphatic rings. The summed E-state index contributed by atoms with van der Waals surface area (Å²) in [5.74, 6) is -0.639. The molecule has 0 aliphatic carbocycles. The monoisotopic (exact) mass is 188 g/mol. The van der Waals surface area contributed by atoms with Crippen LogP contribution in [0.1, 0.15) is 5.56 Å². The van der Waals surface area contributed by atoms with Gasteiger partial charge in [-0.05, 0) is 23.8 Å². The summed E-state index contributed by atoms with van der Waals surface area (Å²) in [4.78, 5) is 10.7. The lowest BCUT2D eigenvalue weighted by atomic mass is 10.1. The second kappa shape index (κ2) is 4.10. The lowest BCUT2D eigenvalue weighted by molar-refractivity contribution is -0.114. The molecule has 0 heterocycles. The van der Waals surface area contributed by atoms with E-state index in [0.717, 1.165) is 0 Å². The molecule has 0 saturated heterocycles. The summed E-state index contributed by atoms with van der Waals surface area (Å²) < 4.78 is 0. The number of nitrogens with zero attached hydrogens (tertiary/aromatic N) is 1. The number of amides is 1. The first kappa shape index (κ1) is 9.81. The fourth-order valence-corrected chi connectivity index (χ4v) is 0.896. The first-order chi connectivity index (χ1) is 6.63. The van der Waals surface area contributed by atoms with Crippen molar-refractivity contribution in [3.05, 3.63) is 35.4 Å². The van der Waals surface area contributed by atoms with Crippen molar-refractivity contribution in [3.63, 3.8) is 0 Å². The lowest BCUT2D eigenvalue weighted by Gasteiger charge is -1.95. The highest BCUT2D eigenvalue weighted by Crippen LogP contribution is 2.12. The highest BCUT2D eigenvalue weighted by molar-refractivity contribution is 6.00. The number of carbonyl (C=O) groups excluding carboxylic acids is 1. The molecule has 0 saturated carbocycles. The molecule has 4 nitrogen and oxygen atoms in total. The predicted octanol–water partition coefficient (Wildman–Crippen LogP) is 0.784. The van der Waals surface area contributed by atoms with E-state index in [4.69, 9.17) is 16.1 Å². The number of aromatic hydroxyl groups is 1. The van der Waals surface area contributed by atoms with Crippen LogP contribution in [0.15, 0.2) is 29.8 Å². The van der Waals surface area contributed by atoms with Crippen molar-refractivity contribution in [2.45, 2.75) is 0 Å². The van der Waals surface area contributed by atoms with Gasteiger partial charge in [-0.15, -0.1) is 0 Å². The number of carbonyl (C=O) groups is 1. The Hall–Kier alpha value is -2.28. The van der Waals surface area contributed by atoms with Gasteiger partial charge in [-0.2, -0.15) is 5.26 Å². The first-order valence-corrected chi connectivity index (χ1v) is 3.84. The summed E-state index contributed by atoms with van der Waals surface area (Å²) in [6.07, 6.45) is 1.36. The maximum atomic E-state index is 10.7. The smallest absolute Gasteiger partial charge is 0.259 e. The number of phenolic OH excluding ortho intramolecular Hbond substituents is 1. The van der Waals surface area contributed by atoms with Gasteiger partial charge < -0.3 is 10.8 Å². The summed E-state index contributed by atoms with van der Waals surface area (Å²) in [6, 6.07) is 7.77. The van der Waals surface area contributed by atoms with Gasteiger partial charge in [0.2, 0.25) is 0 Å². The van der Waals surface area contributed by atoms with Crippen molar-refractivity contribution in [1.29, 1.82) is 5.26 Å². The number of rotatable bonds is 2. The maximum Gasteiger partial charge on any atom is 0.259 e. The van der Waals surface area contributed by atoms with Gasteiger partial charge in [0.1, 0.15) is 17.4 Å². The molecule has 0 atom stereocenters. The number of primary amides is 1. The van der Waals surface area contributed by atoms with E-state index < -0.39 is 5.91 Å². The van der Waals surface area contributed by atoms with E-state index in [-0.39, 0.29) is 11.3 Å². The molecular formula is C10H8N2O2. The second-order valence-corrected chi connectivity index (χ2v) is 2.63. The molecule has 4 heteroatoms. The Morgan fingerprint density at radius 1 is 1.43 bits per heavy atom. The number of hydrogen-bond acceptors (Lipinski definition) is 3. The van der Waals surface area contributed by atoms with E-state index in [1.54, 1.807) is 18.2 Å². The molecule has 0 radical (unpaired) electrons. The van der Waals surface area contributed by atoms with Crippen molar-refractivity contribution >= 4 is 12.0 Å². The van der Waals surface area contributed by atoms with Gasteiger partial charge >= 0.3 is 0 Å². The summed E-state index contributed by atoms with van der Waals surface area (Å²) in [5, 5.41) is 17.5. The Labute approximate surface area is 80.9 Å². The van der Waals surface area contributed by atoms with E-state index >= 15 is 0 Å². The van der Waals surface area contributed by atoms with Crippen LogP contribution in [-0.2, 0) is 4.79 Å². The van der Waals surface area contributed by atoms with E-state index in [2.05, 4.69) is 0 Å². The van der Waals surface area contributed by atoms with E-state index in [0.29, 0.717) is 5.56 Å². The maximum absolute atomic E-state index is 10.7. The SMILES string of the molecule is N#C/C(=C/c1ccc(O)cc1)C(N)=O. The van der Waals surface area contributed by atoms with Crippen LogP contribution in [0.3, 0.4) is 0 Å². The minimum atomic E-state index is -0.763. The predicted molar refractivity (Wildman–Crippen MR) is 50.9 cm³/mol. The van der Waals surface area contributed by atoms with Gasteiger partial charge in [0.25, 0.3) is 5.91 Å². The van der Waals surface area contributed by atoms with Gasteiger partial charge in [-0.1, -0.05) is 12.1 Å². The third-order valence-corrected chi connectivity index (χ3v) is 1.59. The van der Waals surface area contributed by atoms with Gasteiger partial charge in [-0.3, -0.25) is 4.79 Å². The molecule has 1 aromatic carbocycles. The normalized spacial score (nSPS) is 10.6. The van der Waals surface area contributed by atoms with Crippen molar-refractivity contribution in [2.75, 3.05) is 0 Å². The summed E-state index contributed by atoms with van der Waals surface area (Å²) >= 11 is 0. The number of hydrogen-bond donors (Lipinski definition) is 2. The molecule has 1 aromatic rings. The van der Waals surface area contributed by atoms with Crippen LogP contribution in [0, 0.1) is 11.3 Å². The summed E-state index contributed by atoms with van der Waals surface area (Å²) in [6.45, 7) is 0. The molecule has 1 amide bonds. The molecule has 0 fully saturated rings. The number of nitrogens with two attached hydrogens (primary N) is 1. The van der Waals surface area contributed by atoms with Crippen LogP contribution in [0.5, 0.6) is 5.75 Å².